The van der Waals surface area contributed by atoms with Gasteiger partial charge in [0.05, 0.1) is 13.3 Å². The molecule has 2 heterocycles. The molecule has 3 aromatic carbocycles. The van der Waals surface area contributed by atoms with Gasteiger partial charge < -0.3 is 18.5 Å². The number of carbonyl (C=O) groups excluding carboxylic acids is 1. The zero-order valence-electron chi connectivity index (χ0n) is 20.9. The van der Waals surface area contributed by atoms with E-state index in [1.807, 2.05) is 60.7 Å². The Morgan fingerprint density at radius 3 is 2.38 bits per heavy atom. The third kappa shape index (κ3) is 5.11. The highest BCUT2D eigenvalue weighted by Gasteiger charge is 2.12. The van der Waals surface area contributed by atoms with E-state index in [9.17, 15) is 4.79 Å². The standard InChI is InChI=1S/C30H27N3O4/c1-20-8-9-21(2)33(20)23-11-13-24(14-12-23)36-19-25-15-17-29(37-25)30(34)32-31-18-22-10-16-28(35-3)27-7-5-4-6-26(22)27/h4-18H,19H2,1-3H3,(H,32,34). The highest BCUT2D eigenvalue weighted by atomic mass is 16.5. The van der Waals surface area contributed by atoms with Crippen molar-refractivity contribution < 1.29 is 18.7 Å². The molecule has 5 aromatic rings. The van der Waals surface area contributed by atoms with Gasteiger partial charge in [0.1, 0.15) is 23.9 Å². The molecule has 186 valence electrons. The summed E-state index contributed by atoms with van der Waals surface area (Å²) in [6.07, 6.45) is 1.60. The number of aromatic nitrogens is 1. The van der Waals surface area contributed by atoms with E-state index >= 15 is 0 Å². The average Bonchev–Trinajstić information content (AvgIpc) is 3.54. The first-order chi connectivity index (χ1) is 18.0. The Labute approximate surface area is 214 Å². The zero-order chi connectivity index (χ0) is 25.8. The summed E-state index contributed by atoms with van der Waals surface area (Å²) in [5, 5.41) is 6.06. The minimum absolute atomic E-state index is 0.157. The van der Waals surface area contributed by atoms with Gasteiger partial charge in [0.25, 0.3) is 0 Å². The molecule has 0 atom stereocenters. The number of rotatable bonds is 8. The van der Waals surface area contributed by atoms with Gasteiger partial charge in [-0.25, -0.2) is 5.43 Å². The van der Waals surface area contributed by atoms with Gasteiger partial charge in [-0.15, -0.1) is 0 Å². The second-order valence-electron chi connectivity index (χ2n) is 8.60. The Hall–Kier alpha value is -4.78. The molecule has 0 fully saturated rings. The molecule has 0 aliphatic rings. The van der Waals surface area contributed by atoms with Crippen LogP contribution in [0.3, 0.4) is 0 Å². The molecule has 37 heavy (non-hydrogen) atoms. The van der Waals surface area contributed by atoms with Gasteiger partial charge >= 0.3 is 5.91 Å². The Kier molecular flexibility index (Phi) is 6.76. The van der Waals surface area contributed by atoms with Crippen molar-refractivity contribution >= 4 is 22.9 Å². The van der Waals surface area contributed by atoms with Gasteiger partial charge in [-0.3, -0.25) is 4.79 Å². The first kappa shape index (κ1) is 23.9. The number of amides is 1. The van der Waals surface area contributed by atoms with Crippen LogP contribution < -0.4 is 14.9 Å². The SMILES string of the molecule is COc1ccc(C=NNC(=O)c2ccc(COc3ccc(-n4c(C)ccc4C)cc3)o2)c2ccccc12. The van der Waals surface area contributed by atoms with Crippen molar-refractivity contribution in [3.8, 4) is 17.2 Å². The largest absolute Gasteiger partial charge is 0.496 e. The number of hydrogen-bond acceptors (Lipinski definition) is 5. The molecule has 7 nitrogen and oxygen atoms in total. The molecule has 0 unspecified atom stereocenters. The fourth-order valence-electron chi connectivity index (χ4n) is 4.30. The smallest absolute Gasteiger partial charge is 0.307 e. The third-order valence-corrected chi connectivity index (χ3v) is 6.14. The number of nitrogens with zero attached hydrogens (tertiary/aromatic N) is 2. The maximum atomic E-state index is 12.5. The van der Waals surface area contributed by atoms with Crippen molar-refractivity contribution in [2.45, 2.75) is 20.5 Å². The van der Waals surface area contributed by atoms with Gasteiger partial charge in [-0.2, -0.15) is 5.10 Å². The van der Waals surface area contributed by atoms with Gasteiger partial charge in [0.2, 0.25) is 0 Å². The number of nitrogens with one attached hydrogen (secondary N) is 1. The lowest BCUT2D eigenvalue weighted by Gasteiger charge is -2.10. The van der Waals surface area contributed by atoms with Crippen molar-refractivity contribution in [1.82, 2.24) is 9.99 Å². The van der Waals surface area contributed by atoms with E-state index in [0.717, 1.165) is 27.8 Å². The number of ether oxygens (including phenoxy) is 2. The van der Waals surface area contributed by atoms with E-state index in [1.165, 1.54) is 11.4 Å². The molecule has 0 bridgehead atoms. The van der Waals surface area contributed by atoms with E-state index < -0.39 is 5.91 Å². The molecule has 0 aliphatic carbocycles. The normalized spacial score (nSPS) is 11.2. The monoisotopic (exact) mass is 493 g/mol. The topological polar surface area (TPSA) is 78.0 Å². The number of hydrogen-bond donors (Lipinski definition) is 1. The van der Waals surface area contributed by atoms with E-state index in [4.69, 9.17) is 13.9 Å². The van der Waals surface area contributed by atoms with E-state index in [1.54, 1.807) is 25.5 Å². The van der Waals surface area contributed by atoms with Crippen molar-refractivity contribution in [2.24, 2.45) is 5.10 Å². The van der Waals surface area contributed by atoms with Crippen LogP contribution in [0.25, 0.3) is 16.5 Å². The summed E-state index contributed by atoms with van der Waals surface area (Å²) in [6.45, 7) is 4.36. The van der Waals surface area contributed by atoms with Crippen LogP contribution in [0.4, 0.5) is 0 Å². The van der Waals surface area contributed by atoms with Crippen molar-refractivity contribution in [2.75, 3.05) is 7.11 Å². The molecule has 2 aromatic heterocycles. The van der Waals surface area contributed by atoms with Crippen LogP contribution in [0, 0.1) is 13.8 Å². The lowest BCUT2D eigenvalue weighted by molar-refractivity contribution is 0.0923. The average molecular weight is 494 g/mol. The minimum Gasteiger partial charge on any atom is -0.496 e. The number of fused-ring (bicyclic) bond motifs is 1. The predicted octanol–water partition coefficient (Wildman–Crippen LogP) is 6.19. The maximum Gasteiger partial charge on any atom is 0.307 e. The van der Waals surface area contributed by atoms with E-state index in [0.29, 0.717) is 11.5 Å². The minimum atomic E-state index is -0.442. The maximum absolute atomic E-state index is 12.5. The summed E-state index contributed by atoms with van der Waals surface area (Å²) in [5.41, 5.74) is 6.81. The fraction of sp³-hybridized carbons (Fsp3) is 0.133. The molecule has 1 amide bonds. The van der Waals surface area contributed by atoms with E-state index in [-0.39, 0.29) is 12.4 Å². The summed E-state index contributed by atoms with van der Waals surface area (Å²) in [7, 11) is 1.64. The van der Waals surface area contributed by atoms with E-state index in [2.05, 4.69) is 41.1 Å². The van der Waals surface area contributed by atoms with Crippen LogP contribution in [0.2, 0.25) is 0 Å². The fourth-order valence-corrected chi connectivity index (χ4v) is 4.30. The molecular formula is C30H27N3O4. The molecule has 0 aliphatic heterocycles. The second kappa shape index (κ2) is 10.5. The molecule has 0 saturated carbocycles. The summed E-state index contributed by atoms with van der Waals surface area (Å²) in [5.74, 6) is 1.75. The predicted molar refractivity (Wildman–Crippen MR) is 144 cm³/mol. The molecule has 0 spiro atoms. The molecular weight excluding hydrogens is 466 g/mol. The van der Waals surface area contributed by atoms with Crippen LogP contribution >= 0.6 is 0 Å². The summed E-state index contributed by atoms with van der Waals surface area (Å²) in [4.78, 5) is 12.5. The quantitative estimate of drug-likeness (QED) is 0.206. The first-order valence-corrected chi connectivity index (χ1v) is 11.9. The van der Waals surface area contributed by atoms with Crippen LogP contribution in [0.15, 0.2) is 94.4 Å². The molecule has 7 heteroatoms. The Morgan fingerprint density at radius 1 is 0.919 bits per heavy atom. The first-order valence-electron chi connectivity index (χ1n) is 11.9. The highest BCUT2D eigenvalue weighted by molar-refractivity contribution is 6.02. The molecule has 0 radical (unpaired) electrons. The highest BCUT2D eigenvalue weighted by Crippen LogP contribution is 2.27. The zero-order valence-corrected chi connectivity index (χ0v) is 20.9. The van der Waals surface area contributed by atoms with Gasteiger partial charge in [0.15, 0.2) is 5.76 Å². The van der Waals surface area contributed by atoms with Crippen molar-refractivity contribution in [3.05, 3.63) is 113 Å². The second-order valence-corrected chi connectivity index (χ2v) is 8.60. The van der Waals surface area contributed by atoms with Crippen LogP contribution in [-0.2, 0) is 6.61 Å². The number of benzene rings is 3. The van der Waals surface area contributed by atoms with Crippen LogP contribution in [0.5, 0.6) is 11.5 Å². The number of carbonyl (C=O) groups is 1. The summed E-state index contributed by atoms with van der Waals surface area (Å²) in [6, 6.07) is 27.0. The third-order valence-electron chi connectivity index (χ3n) is 6.14. The Balaban J connectivity index is 1.19. The number of furan rings is 1. The lowest BCUT2D eigenvalue weighted by Crippen LogP contribution is -2.16. The number of hydrazone groups is 1. The van der Waals surface area contributed by atoms with Crippen molar-refractivity contribution in [3.63, 3.8) is 0 Å². The molecule has 0 saturated heterocycles. The van der Waals surface area contributed by atoms with Gasteiger partial charge in [-0.05, 0) is 79.9 Å². The molecule has 1 N–H and O–H groups in total. The number of methoxy groups -OCH3 is 1. The Morgan fingerprint density at radius 2 is 1.65 bits per heavy atom. The summed E-state index contributed by atoms with van der Waals surface area (Å²) >= 11 is 0. The van der Waals surface area contributed by atoms with Crippen LogP contribution in [-0.4, -0.2) is 23.8 Å². The summed E-state index contributed by atoms with van der Waals surface area (Å²) < 4.78 is 19.1. The van der Waals surface area contributed by atoms with Gasteiger partial charge in [0, 0.05) is 28.0 Å². The Bertz CT molecular complexity index is 1560. The van der Waals surface area contributed by atoms with Crippen molar-refractivity contribution in [1.29, 1.82) is 0 Å². The number of aryl methyl sites for hydroxylation is 2. The molecule has 5 rings (SSSR count). The van der Waals surface area contributed by atoms with Crippen LogP contribution in [0.1, 0.15) is 33.3 Å². The lowest BCUT2D eigenvalue weighted by atomic mass is 10.0. The van der Waals surface area contributed by atoms with Gasteiger partial charge in [-0.1, -0.05) is 24.3 Å².